The Hall–Kier alpha value is -1.32. The molecule has 94 valence electrons. The van der Waals surface area contributed by atoms with Gasteiger partial charge in [-0.15, -0.1) is 0 Å². The lowest BCUT2D eigenvalue weighted by molar-refractivity contribution is -0.124. The summed E-state index contributed by atoms with van der Waals surface area (Å²) in [5.41, 5.74) is 2.00. The lowest BCUT2D eigenvalue weighted by atomic mass is 10.2. The predicted octanol–water partition coefficient (Wildman–Crippen LogP) is 2.12. The molecule has 1 heterocycles. The van der Waals surface area contributed by atoms with Gasteiger partial charge in [0.25, 0.3) is 0 Å². The molecular formula is C13H21N3O. The molecule has 1 aliphatic carbocycles. The van der Waals surface area contributed by atoms with Crippen molar-refractivity contribution in [2.75, 3.05) is 0 Å². The van der Waals surface area contributed by atoms with E-state index in [4.69, 9.17) is 0 Å². The fraction of sp³-hybridized carbons (Fsp3) is 0.692. The van der Waals surface area contributed by atoms with Crippen molar-refractivity contribution < 1.29 is 4.79 Å². The first-order chi connectivity index (χ1) is 8.08. The number of nitrogens with zero attached hydrogens (tertiary/aromatic N) is 2. The molecule has 1 N–H and O–H groups in total. The summed E-state index contributed by atoms with van der Waals surface area (Å²) in [6.45, 7) is 5.84. The van der Waals surface area contributed by atoms with Gasteiger partial charge in [-0.2, -0.15) is 5.10 Å². The average Bonchev–Trinajstić information content (AvgIpc) is 2.87. The van der Waals surface area contributed by atoms with E-state index in [9.17, 15) is 4.79 Å². The minimum atomic E-state index is -0.218. The van der Waals surface area contributed by atoms with Crippen LogP contribution in [0.1, 0.15) is 50.0 Å². The zero-order valence-electron chi connectivity index (χ0n) is 10.9. The summed E-state index contributed by atoms with van der Waals surface area (Å²) in [6, 6.07) is 2.16. The minimum absolute atomic E-state index is 0.0862. The molecule has 1 amide bonds. The van der Waals surface area contributed by atoms with Crippen LogP contribution in [0, 0.1) is 13.8 Å². The third-order valence-electron chi connectivity index (χ3n) is 3.49. The second kappa shape index (κ2) is 4.90. The zero-order valence-corrected chi connectivity index (χ0v) is 10.9. The van der Waals surface area contributed by atoms with E-state index in [0.29, 0.717) is 6.04 Å². The largest absolute Gasteiger partial charge is 0.352 e. The van der Waals surface area contributed by atoms with Crippen LogP contribution in [-0.4, -0.2) is 21.7 Å². The van der Waals surface area contributed by atoms with Gasteiger partial charge in [0.15, 0.2) is 0 Å². The second-order valence-electron chi connectivity index (χ2n) is 5.04. The Labute approximate surface area is 102 Å². The molecule has 1 unspecified atom stereocenters. The molecule has 17 heavy (non-hydrogen) atoms. The van der Waals surface area contributed by atoms with Crippen LogP contribution < -0.4 is 5.32 Å². The van der Waals surface area contributed by atoms with Crippen LogP contribution in [0.3, 0.4) is 0 Å². The van der Waals surface area contributed by atoms with Crippen LogP contribution in [0.2, 0.25) is 0 Å². The summed E-state index contributed by atoms with van der Waals surface area (Å²) in [4.78, 5) is 12.1. The van der Waals surface area contributed by atoms with Crippen LogP contribution in [-0.2, 0) is 4.79 Å². The van der Waals surface area contributed by atoms with Crippen molar-refractivity contribution in [3.63, 3.8) is 0 Å². The smallest absolute Gasteiger partial charge is 0.244 e. The molecule has 1 aromatic rings. The molecule has 1 fully saturated rings. The Morgan fingerprint density at radius 2 is 2.12 bits per heavy atom. The third kappa shape index (κ3) is 2.68. The number of aromatic nitrogens is 2. The summed E-state index contributed by atoms with van der Waals surface area (Å²) >= 11 is 0. The highest BCUT2D eigenvalue weighted by molar-refractivity contribution is 5.80. The molecule has 0 aromatic carbocycles. The SMILES string of the molecule is Cc1cc(C)n(C(C)C(=O)NC2CCCC2)n1. The summed E-state index contributed by atoms with van der Waals surface area (Å²) in [7, 11) is 0. The molecule has 0 spiro atoms. The van der Waals surface area contributed by atoms with E-state index in [-0.39, 0.29) is 11.9 Å². The van der Waals surface area contributed by atoms with Crippen LogP contribution >= 0.6 is 0 Å². The van der Waals surface area contributed by atoms with E-state index < -0.39 is 0 Å². The number of carbonyl (C=O) groups excluding carboxylic acids is 1. The van der Waals surface area contributed by atoms with E-state index in [1.165, 1.54) is 12.8 Å². The standard InChI is InChI=1S/C13H21N3O/c1-9-8-10(2)16(15-9)11(3)13(17)14-12-6-4-5-7-12/h8,11-12H,4-7H2,1-3H3,(H,14,17). The molecule has 0 saturated heterocycles. The summed E-state index contributed by atoms with van der Waals surface area (Å²) in [5.74, 6) is 0.0862. The highest BCUT2D eigenvalue weighted by atomic mass is 16.2. The van der Waals surface area contributed by atoms with Gasteiger partial charge in [0.05, 0.1) is 5.69 Å². The van der Waals surface area contributed by atoms with Gasteiger partial charge in [0, 0.05) is 11.7 Å². The lowest BCUT2D eigenvalue weighted by Gasteiger charge is -2.18. The maximum absolute atomic E-state index is 12.1. The Bertz CT molecular complexity index is 405. The van der Waals surface area contributed by atoms with Crippen molar-refractivity contribution in [2.24, 2.45) is 0 Å². The Morgan fingerprint density at radius 3 is 2.65 bits per heavy atom. The number of nitrogens with one attached hydrogen (secondary N) is 1. The number of carbonyl (C=O) groups is 1. The fourth-order valence-corrected chi connectivity index (χ4v) is 2.54. The second-order valence-corrected chi connectivity index (χ2v) is 5.04. The van der Waals surface area contributed by atoms with Gasteiger partial charge in [-0.1, -0.05) is 12.8 Å². The molecule has 1 saturated carbocycles. The summed E-state index contributed by atoms with van der Waals surface area (Å²) < 4.78 is 1.81. The normalized spacial score (nSPS) is 18.3. The Morgan fingerprint density at radius 1 is 1.47 bits per heavy atom. The monoisotopic (exact) mass is 235 g/mol. The van der Waals surface area contributed by atoms with Crippen molar-refractivity contribution in [3.05, 3.63) is 17.5 Å². The fourth-order valence-electron chi connectivity index (χ4n) is 2.54. The van der Waals surface area contributed by atoms with Crippen molar-refractivity contribution in [2.45, 2.75) is 58.5 Å². The summed E-state index contributed by atoms with van der Waals surface area (Å²) in [5, 5.41) is 7.48. The molecular weight excluding hydrogens is 214 g/mol. The lowest BCUT2D eigenvalue weighted by Crippen LogP contribution is -2.37. The van der Waals surface area contributed by atoms with Gasteiger partial charge in [-0.25, -0.2) is 0 Å². The van der Waals surface area contributed by atoms with Crippen molar-refractivity contribution >= 4 is 5.91 Å². The number of amides is 1. The number of rotatable bonds is 3. The topological polar surface area (TPSA) is 46.9 Å². The van der Waals surface area contributed by atoms with E-state index in [0.717, 1.165) is 24.2 Å². The highest BCUT2D eigenvalue weighted by Gasteiger charge is 2.22. The number of aryl methyl sites for hydroxylation is 2. The Balaban J connectivity index is 2.01. The number of hydrogen-bond acceptors (Lipinski definition) is 2. The van der Waals surface area contributed by atoms with Gasteiger partial charge in [-0.3, -0.25) is 9.48 Å². The van der Waals surface area contributed by atoms with Crippen LogP contribution in [0.5, 0.6) is 0 Å². The van der Waals surface area contributed by atoms with Gasteiger partial charge < -0.3 is 5.32 Å². The van der Waals surface area contributed by atoms with E-state index in [2.05, 4.69) is 10.4 Å². The molecule has 2 rings (SSSR count). The number of hydrogen-bond donors (Lipinski definition) is 1. The molecule has 0 aliphatic heterocycles. The highest BCUT2D eigenvalue weighted by Crippen LogP contribution is 2.19. The Kier molecular flexibility index (Phi) is 3.50. The van der Waals surface area contributed by atoms with E-state index >= 15 is 0 Å². The molecule has 1 aromatic heterocycles. The summed E-state index contributed by atoms with van der Waals surface area (Å²) in [6.07, 6.45) is 4.71. The maximum atomic E-state index is 12.1. The van der Waals surface area contributed by atoms with E-state index in [1.807, 2.05) is 26.8 Å². The first kappa shape index (κ1) is 12.1. The van der Waals surface area contributed by atoms with Gasteiger partial charge >= 0.3 is 0 Å². The van der Waals surface area contributed by atoms with Gasteiger partial charge in [-0.05, 0) is 39.7 Å². The van der Waals surface area contributed by atoms with Crippen LogP contribution in [0.25, 0.3) is 0 Å². The van der Waals surface area contributed by atoms with Gasteiger partial charge in [0.1, 0.15) is 6.04 Å². The quantitative estimate of drug-likeness (QED) is 0.872. The molecule has 4 heteroatoms. The molecule has 0 bridgehead atoms. The molecule has 4 nitrogen and oxygen atoms in total. The van der Waals surface area contributed by atoms with E-state index in [1.54, 1.807) is 4.68 Å². The van der Waals surface area contributed by atoms with Crippen molar-refractivity contribution in [3.8, 4) is 0 Å². The first-order valence-corrected chi connectivity index (χ1v) is 6.41. The van der Waals surface area contributed by atoms with Crippen LogP contribution in [0.15, 0.2) is 6.07 Å². The third-order valence-corrected chi connectivity index (χ3v) is 3.49. The van der Waals surface area contributed by atoms with Crippen molar-refractivity contribution in [1.82, 2.24) is 15.1 Å². The van der Waals surface area contributed by atoms with Crippen LogP contribution in [0.4, 0.5) is 0 Å². The molecule has 1 atom stereocenters. The zero-order chi connectivity index (χ0) is 12.4. The van der Waals surface area contributed by atoms with Crippen molar-refractivity contribution in [1.29, 1.82) is 0 Å². The predicted molar refractivity (Wildman–Crippen MR) is 66.8 cm³/mol. The first-order valence-electron chi connectivity index (χ1n) is 6.41. The average molecular weight is 235 g/mol. The minimum Gasteiger partial charge on any atom is -0.352 e. The molecule has 0 radical (unpaired) electrons. The van der Waals surface area contributed by atoms with Gasteiger partial charge in [0.2, 0.25) is 5.91 Å². The maximum Gasteiger partial charge on any atom is 0.244 e. The molecule has 1 aliphatic rings.